The van der Waals surface area contributed by atoms with Crippen molar-refractivity contribution >= 4 is 11.3 Å². The maximum Gasteiger partial charge on any atom is 0.100 e. The lowest BCUT2D eigenvalue weighted by Gasteiger charge is -1.97. The molecular weight excluding hydrogens is 156 g/mol. The molecule has 1 aliphatic rings. The predicted molar refractivity (Wildman–Crippen MR) is 43.4 cm³/mol. The Bertz CT molecular complexity index is 317. The van der Waals surface area contributed by atoms with Crippen LogP contribution in [0, 0.1) is 18.3 Å². The number of aromatic nitrogens is 1. The second-order valence-electron chi connectivity index (χ2n) is 2.95. The van der Waals surface area contributed by atoms with Crippen molar-refractivity contribution < 1.29 is 0 Å². The first-order valence-corrected chi connectivity index (χ1v) is 4.49. The second-order valence-corrected chi connectivity index (χ2v) is 4.01. The summed E-state index contributed by atoms with van der Waals surface area (Å²) in [4.78, 5) is 4.31. The van der Waals surface area contributed by atoms with Gasteiger partial charge in [0.1, 0.15) is 5.41 Å². The number of hydrogen-bond donors (Lipinski definition) is 0. The first-order chi connectivity index (χ1) is 5.27. The van der Waals surface area contributed by atoms with E-state index in [0.717, 1.165) is 23.5 Å². The van der Waals surface area contributed by atoms with E-state index in [0.29, 0.717) is 0 Å². The Morgan fingerprint density at radius 2 is 2.45 bits per heavy atom. The first-order valence-electron chi connectivity index (χ1n) is 3.61. The summed E-state index contributed by atoms with van der Waals surface area (Å²) < 4.78 is 0. The van der Waals surface area contributed by atoms with Crippen LogP contribution >= 0.6 is 11.3 Å². The van der Waals surface area contributed by atoms with Crippen LogP contribution in [-0.4, -0.2) is 4.98 Å². The molecule has 2 nitrogen and oxygen atoms in total. The zero-order valence-electron chi connectivity index (χ0n) is 6.29. The summed E-state index contributed by atoms with van der Waals surface area (Å²) in [7, 11) is 0. The molecule has 0 amide bonds. The first kappa shape index (κ1) is 6.81. The third kappa shape index (κ3) is 0.945. The highest BCUT2D eigenvalue weighted by atomic mass is 32.1. The Kier molecular flexibility index (Phi) is 1.27. The average Bonchev–Trinajstić information content (AvgIpc) is 2.70. The Morgan fingerprint density at radius 3 is 2.82 bits per heavy atom. The molecule has 0 N–H and O–H groups in total. The predicted octanol–water partition coefficient (Wildman–Crippen LogP) is 2.01. The molecule has 0 aromatic carbocycles. The molecule has 1 aromatic heterocycles. The van der Waals surface area contributed by atoms with E-state index in [1.165, 1.54) is 0 Å². The van der Waals surface area contributed by atoms with Crippen LogP contribution in [0.4, 0.5) is 0 Å². The smallest absolute Gasteiger partial charge is 0.100 e. The lowest BCUT2D eigenvalue weighted by molar-refractivity contribution is 0.861. The third-order valence-electron chi connectivity index (χ3n) is 2.07. The summed E-state index contributed by atoms with van der Waals surface area (Å²) in [5, 5.41) is 11.9. The highest BCUT2D eigenvalue weighted by Gasteiger charge is 2.46. The Balaban J connectivity index is 2.38. The van der Waals surface area contributed by atoms with Crippen molar-refractivity contribution in [2.45, 2.75) is 25.2 Å². The van der Waals surface area contributed by atoms with Gasteiger partial charge in [-0.25, -0.2) is 4.98 Å². The van der Waals surface area contributed by atoms with Crippen LogP contribution in [0.1, 0.15) is 23.5 Å². The number of rotatable bonds is 1. The van der Waals surface area contributed by atoms with Crippen LogP contribution in [0.3, 0.4) is 0 Å². The summed E-state index contributed by atoms with van der Waals surface area (Å²) in [6, 6.07) is 2.33. The van der Waals surface area contributed by atoms with Gasteiger partial charge >= 0.3 is 0 Å². The molecule has 0 unspecified atom stereocenters. The van der Waals surface area contributed by atoms with Crippen LogP contribution in [0.2, 0.25) is 0 Å². The number of hydrogen-bond acceptors (Lipinski definition) is 3. The van der Waals surface area contributed by atoms with Crippen molar-refractivity contribution in [1.29, 1.82) is 5.26 Å². The van der Waals surface area contributed by atoms with E-state index in [-0.39, 0.29) is 5.41 Å². The maximum absolute atomic E-state index is 8.83. The fourth-order valence-corrected chi connectivity index (χ4v) is 1.84. The molecule has 1 aliphatic carbocycles. The van der Waals surface area contributed by atoms with Gasteiger partial charge in [0.15, 0.2) is 0 Å². The highest BCUT2D eigenvalue weighted by molar-refractivity contribution is 7.09. The molecule has 1 saturated carbocycles. The topological polar surface area (TPSA) is 36.7 Å². The van der Waals surface area contributed by atoms with E-state index in [4.69, 9.17) is 5.26 Å². The lowest BCUT2D eigenvalue weighted by Crippen LogP contribution is -2.02. The molecule has 0 bridgehead atoms. The molecule has 3 heteroatoms. The van der Waals surface area contributed by atoms with Gasteiger partial charge in [-0.05, 0) is 19.8 Å². The fraction of sp³-hybridized carbons (Fsp3) is 0.500. The zero-order valence-corrected chi connectivity index (χ0v) is 7.11. The maximum atomic E-state index is 8.83. The van der Waals surface area contributed by atoms with Gasteiger partial charge in [-0.1, -0.05) is 0 Å². The van der Waals surface area contributed by atoms with Crippen LogP contribution < -0.4 is 0 Å². The molecule has 1 aromatic rings. The number of thiazole rings is 1. The van der Waals surface area contributed by atoms with Crippen molar-refractivity contribution in [3.05, 3.63) is 16.1 Å². The average molecular weight is 164 g/mol. The van der Waals surface area contributed by atoms with Crippen molar-refractivity contribution in [3.63, 3.8) is 0 Å². The van der Waals surface area contributed by atoms with Gasteiger partial charge in [-0.2, -0.15) is 5.26 Å². The van der Waals surface area contributed by atoms with Gasteiger partial charge in [0.2, 0.25) is 0 Å². The van der Waals surface area contributed by atoms with Gasteiger partial charge < -0.3 is 0 Å². The van der Waals surface area contributed by atoms with E-state index in [2.05, 4.69) is 11.1 Å². The largest absolute Gasteiger partial charge is 0.245 e. The minimum atomic E-state index is -0.190. The normalized spacial score (nSPS) is 19.3. The van der Waals surface area contributed by atoms with Crippen LogP contribution in [0.15, 0.2) is 5.38 Å². The summed E-state index contributed by atoms with van der Waals surface area (Å²) in [5.74, 6) is 0. The van der Waals surface area contributed by atoms with Crippen molar-refractivity contribution in [3.8, 4) is 6.07 Å². The van der Waals surface area contributed by atoms with E-state index in [1.54, 1.807) is 11.3 Å². The lowest BCUT2D eigenvalue weighted by atomic mass is 10.1. The van der Waals surface area contributed by atoms with Crippen molar-refractivity contribution in [2.75, 3.05) is 0 Å². The van der Waals surface area contributed by atoms with E-state index in [9.17, 15) is 0 Å². The molecule has 0 saturated heterocycles. The Hall–Kier alpha value is -0.880. The highest BCUT2D eigenvalue weighted by Crippen LogP contribution is 2.47. The minimum absolute atomic E-state index is 0.190. The van der Waals surface area contributed by atoms with Crippen LogP contribution in [0.25, 0.3) is 0 Å². The molecule has 0 spiro atoms. The van der Waals surface area contributed by atoms with Gasteiger partial charge in [0, 0.05) is 5.38 Å². The van der Waals surface area contributed by atoms with Crippen LogP contribution in [-0.2, 0) is 5.41 Å². The van der Waals surface area contributed by atoms with Gasteiger partial charge in [-0.3, -0.25) is 0 Å². The van der Waals surface area contributed by atoms with Gasteiger partial charge in [0.05, 0.1) is 16.8 Å². The molecule has 1 heterocycles. The molecule has 0 atom stereocenters. The Morgan fingerprint density at radius 1 is 1.73 bits per heavy atom. The van der Waals surface area contributed by atoms with Gasteiger partial charge in [0.25, 0.3) is 0 Å². The molecule has 0 aliphatic heterocycles. The molecular formula is C8H8N2S. The quantitative estimate of drug-likeness (QED) is 0.636. The number of nitrogens with zero attached hydrogens (tertiary/aromatic N) is 2. The van der Waals surface area contributed by atoms with Crippen molar-refractivity contribution in [1.82, 2.24) is 4.98 Å². The molecule has 2 rings (SSSR count). The Labute approximate surface area is 69.5 Å². The summed E-state index contributed by atoms with van der Waals surface area (Å²) in [5.41, 5.74) is 0.799. The number of nitriles is 1. The third-order valence-corrected chi connectivity index (χ3v) is 2.85. The second kappa shape index (κ2) is 2.05. The summed E-state index contributed by atoms with van der Waals surface area (Å²) in [6.45, 7) is 1.97. The van der Waals surface area contributed by atoms with Crippen LogP contribution in [0.5, 0.6) is 0 Å². The zero-order chi connectivity index (χ0) is 7.90. The molecule has 0 radical (unpaired) electrons. The molecule has 56 valence electrons. The summed E-state index contributed by atoms with van der Waals surface area (Å²) in [6.07, 6.45) is 1.99. The van der Waals surface area contributed by atoms with E-state index in [1.807, 2.05) is 12.3 Å². The monoisotopic (exact) mass is 164 g/mol. The SMILES string of the molecule is Cc1nc(C2(C#N)CC2)cs1. The molecule has 11 heavy (non-hydrogen) atoms. The van der Waals surface area contributed by atoms with Gasteiger partial charge in [-0.15, -0.1) is 11.3 Å². The van der Waals surface area contributed by atoms with Crippen molar-refractivity contribution in [2.24, 2.45) is 0 Å². The standard InChI is InChI=1S/C8H8N2S/c1-6-10-7(4-11-6)8(5-9)2-3-8/h4H,2-3H2,1H3. The summed E-state index contributed by atoms with van der Waals surface area (Å²) >= 11 is 1.62. The van der Waals surface area contributed by atoms with E-state index >= 15 is 0 Å². The molecule has 1 fully saturated rings. The fourth-order valence-electron chi connectivity index (χ4n) is 1.13. The number of aryl methyl sites for hydroxylation is 1. The minimum Gasteiger partial charge on any atom is -0.245 e. The van der Waals surface area contributed by atoms with E-state index < -0.39 is 0 Å².